The molecule has 3 aliphatic heterocycles. The van der Waals surface area contributed by atoms with E-state index in [1.807, 2.05) is 13.0 Å². The van der Waals surface area contributed by atoms with E-state index in [2.05, 4.69) is 40.4 Å². The highest BCUT2D eigenvalue weighted by Gasteiger charge is 2.94. The first-order valence-electron chi connectivity index (χ1n) is 12.2. The minimum atomic E-state index is -2.02. The second kappa shape index (κ2) is 7.41. The van der Waals surface area contributed by atoms with Gasteiger partial charge in [-0.15, -0.1) is 6.58 Å². The standard InChI is InChI=1S/C25H40O6Si/c1-9-11-14-23(6)25-17-12-13-18(31-32(7,8)22(3,4)5)16(15-29-25)19(17)24(25,21(27)30-23)20(26)28-10-2/h9,16-19H,1,10-15H2,2-8H3/t16?,17?,18-,19?,23-,24+,25-/m1/s1. The van der Waals surface area contributed by atoms with Crippen molar-refractivity contribution in [1.29, 1.82) is 0 Å². The zero-order valence-corrected chi connectivity index (χ0v) is 21.8. The number of ether oxygens (including phenoxy) is 3. The Morgan fingerprint density at radius 3 is 2.59 bits per heavy atom. The molecule has 0 amide bonds. The van der Waals surface area contributed by atoms with E-state index in [4.69, 9.17) is 18.6 Å². The van der Waals surface area contributed by atoms with Crippen LogP contribution in [-0.4, -0.2) is 50.8 Å². The van der Waals surface area contributed by atoms with Crippen LogP contribution in [0.25, 0.3) is 0 Å². The van der Waals surface area contributed by atoms with Gasteiger partial charge in [-0.2, -0.15) is 0 Å². The van der Waals surface area contributed by atoms with Gasteiger partial charge >= 0.3 is 11.9 Å². The molecule has 4 bridgehead atoms. The van der Waals surface area contributed by atoms with Crippen molar-refractivity contribution in [3.8, 4) is 0 Å². The molecule has 2 saturated carbocycles. The van der Waals surface area contributed by atoms with Crippen LogP contribution < -0.4 is 0 Å². The quantitative estimate of drug-likeness (QED) is 0.237. The summed E-state index contributed by atoms with van der Waals surface area (Å²) in [5, 5.41) is 0.0805. The number of hydrogen-bond donors (Lipinski definition) is 0. The number of esters is 2. The maximum Gasteiger partial charge on any atom is 0.327 e. The third-order valence-electron chi connectivity index (χ3n) is 9.35. The van der Waals surface area contributed by atoms with E-state index in [-0.39, 0.29) is 35.5 Å². The molecular formula is C25H40O6Si. The van der Waals surface area contributed by atoms with Crippen LogP contribution >= 0.6 is 0 Å². The Morgan fingerprint density at radius 2 is 2.00 bits per heavy atom. The summed E-state index contributed by atoms with van der Waals surface area (Å²) in [6, 6.07) is 0. The van der Waals surface area contributed by atoms with Crippen molar-refractivity contribution in [2.75, 3.05) is 13.2 Å². The lowest BCUT2D eigenvalue weighted by Crippen LogP contribution is -2.85. The van der Waals surface area contributed by atoms with E-state index in [1.165, 1.54) is 0 Å². The van der Waals surface area contributed by atoms with Gasteiger partial charge in [-0.05, 0) is 63.6 Å². The first-order valence-corrected chi connectivity index (χ1v) is 15.1. The average molecular weight is 465 g/mol. The Morgan fingerprint density at radius 1 is 1.31 bits per heavy atom. The van der Waals surface area contributed by atoms with Crippen LogP contribution in [0, 0.1) is 23.2 Å². The highest BCUT2D eigenvalue weighted by molar-refractivity contribution is 6.74. The third-order valence-corrected chi connectivity index (χ3v) is 13.9. The van der Waals surface area contributed by atoms with Gasteiger partial charge in [-0.3, -0.25) is 9.59 Å². The molecule has 0 aromatic heterocycles. The van der Waals surface area contributed by atoms with E-state index >= 15 is 0 Å². The van der Waals surface area contributed by atoms with Gasteiger partial charge in [-0.25, -0.2) is 0 Å². The van der Waals surface area contributed by atoms with Gasteiger partial charge in [0.25, 0.3) is 0 Å². The largest absolute Gasteiger partial charge is 0.465 e. The molecule has 3 saturated heterocycles. The fraction of sp³-hybridized carbons (Fsp3) is 0.840. The first-order chi connectivity index (χ1) is 14.8. The fourth-order valence-electron chi connectivity index (χ4n) is 6.99. The molecule has 5 fully saturated rings. The molecule has 180 valence electrons. The molecule has 32 heavy (non-hydrogen) atoms. The second-order valence-corrected chi connectivity index (χ2v) is 16.6. The molecule has 0 aromatic carbocycles. The van der Waals surface area contributed by atoms with Crippen molar-refractivity contribution >= 4 is 20.3 Å². The van der Waals surface area contributed by atoms with Gasteiger partial charge in [0.05, 0.1) is 19.3 Å². The number of rotatable bonds is 7. The minimum absolute atomic E-state index is 0.0107. The Labute approximate surface area is 193 Å². The van der Waals surface area contributed by atoms with Crippen molar-refractivity contribution < 1.29 is 28.2 Å². The molecule has 5 aliphatic rings. The summed E-state index contributed by atoms with van der Waals surface area (Å²) < 4.78 is 25.1. The van der Waals surface area contributed by atoms with Gasteiger partial charge in [0.1, 0.15) is 11.2 Å². The maximum absolute atomic E-state index is 13.6. The van der Waals surface area contributed by atoms with E-state index in [9.17, 15) is 9.59 Å². The van der Waals surface area contributed by atoms with Gasteiger partial charge in [-0.1, -0.05) is 26.8 Å². The van der Waals surface area contributed by atoms with Gasteiger partial charge in [0.15, 0.2) is 8.32 Å². The number of allylic oxidation sites excluding steroid dienone is 1. The molecule has 7 atom stereocenters. The van der Waals surface area contributed by atoms with Crippen LogP contribution in [0.4, 0.5) is 0 Å². The van der Waals surface area contributed by atoms with E-state index in [1.54, 1.807) is 6.92 Å². The smallest absolute Gasteiger partial charge is 0.327 e. The highest BCUT2D eigenvalue weighted by atomic mass is 28.4. The first kappa shape index (κ1) is 24.0. The molecule has 3 unspecified atom stereocenters. The predicted molar refractivity (Wildman–Crippen MR) is 123 cm³/mol. The summed E-state index contributed by atoms with van der Waals surface area (Å²) in [4.78, 5) is 27.1. The molecule has 5 rings (SSSR count). The summed E-state index contributed by atoms with van der Waals surface area (Å²) >= 11 is 0. The summed E-state index contributed by atoms with van der Waals surface area (Å²) in [5.41, 5.74) is -3.22. The third kappa shape index (κ3) is 2.70. The number of cyclic esters (lactones) is 1. The van der Waals surface area contributed by atoms with Crippen molar-refractivity contribution in [3.05, 3.63) is 12.7 Å². The van der Waals surface area contributed by atoms with Crippen molar-refractivity contribution in [3.63, 3.8) is 0 Å². The predicted octanol–water partition coefficient (Wildman–Crippen LogP) is 4.63. The molecule has 2 aliphatic carbocycles. The van der Waals surface area contributed by atoms with Crippen LogP contribution in [-0.2, 0) is 28.2 Å². The molecule has 1 spiro atoms. The highest BCUT2D eigenvalue weighted by Crippen LogP contribution is 2.78. The summed E-state index contributed by atoms with van der Waals surface area (Å²) in [7, 11) is -2.02. The lowest BCUT2D eigenvalue weighted by atomic mass is 9.34. The van der Waals surface area contributed by atoms with Crippen LogP contribution in [0.2, 0.25) is 18.1 Å². The number of carbonyl (C=O) groups excluding carboxylic acids is 2. The van der Waals surface area contributed by atoms with E-state index < -0.39 is 36.9 Å². The monoisotopic (exact) mass is 464 g/mol. The summed E-state index contributed by atoms with van der Waals surface area (Å²) in [6.07, 6.45) is 4.86. The SMILES string of the molecule is C=CCC[C@@]1(C)OC(=O)[C@@]2(C(=O)OCC)C3C4CO[C@@]21C3CC[C@H]4O[Si](C)(C)C(C)(C)C. The normalized spacial score (nSPS) is 42.5. The van der Waals surface area contributed by atoms with Crippen LogP contribution in [0.5, 0.6) is 0 Å². The average Bonchev–Trinajstić information content (AvgIpc) is 2.86. The summed E-state index contributed by atoms with van der Waals surface area (Å²) in [6.45, 7) is 19.5. The lowest BCUT2D eigenvalue weighted by molar-refractivity contribution is -0.365. The molecule has 6 nitrogen and oxygen atoms in total. The van der Waals surface area contributed by atoms with Crippen LogP contribution in [0.1, 0.15) is 60.3 Å². The fourth-order valence-corrected chi connectivity index (χ4v) is 8.39. The van der Waals surface area contributed by atoms with Crippen LogP contribution in [0.3, 0.4) is 0 Å². The topological polar surface area (TPSA) is 71.1 Å². The van der Waals surface area contributed by atoms with Gasteiger partial charge < -0.3 is 18.6 Å². The zero-order chi connectivity index (χ0) is 23.7. The van der Waals surface area contributed by atoms with Gasteiger partial charge in [0, 0.05) is 11.8 Å². The van der Waals surface area contributed by atoms with Crippen LogP contribution in [0.15, 0.2) is 12.7 Å². The molecule has 0 aromatic rings. The molecule has 3 heterocycles. The Balaban J connectivity index is 1.75. The number of carbonyl (C=O) groups is 2. The summed E-state index contributed by atoms with van der Waals surface area (Å²) in [5.74, 6) is -1.03. The Hall–Kier alpha value is -1.18. The maximum atomic E-state index is 13.6. The molecule has 0 N–H and O–H groups in total. The Bertz CT molecular complexity index is 818. The lowest BCUT2D eigenvalue weighted by Gasteiger charge is -2.72. The van der Waals surface area contributed by atoms with E-state index in [0.29, 0.717) is 19.4 Å². The number of fused-ring (bicyclic) bond motifs is 1. The van der Waals surface area contributed by atoms with Crippen molar-refractivity contribution in [1.82, 2.24) is 0 Å². The second-order valence-electron chi connectivity index (χ2n) is 11.8. The zero-order valence-electron chi connectivity index (χ0n) is 20.8. The van der Waals surface area contributed by atoms with Gasteiger partial charge in [0.2, 0.25) is 5.41 Å². The van der Waals surface area contributed by atoms with Crippen molar-refractivity contribution in [2.45, 2.75) is 95.7 Å². The van der Waals surface area contributed by atoms with Crippen molar-refractivity contribution in [2.24, 2.45) is 23.2 Å². The molecule has 7 heteroatoms. The molecule has 0 radical (unpaired) electrons. The Kier molecular flexibility index (Phi) is 5.55. The number of hydrogen-bond acceptors (Lipinski definition) is 6. The van der Waals surface area contributed by atoms with E-state index in [0.717, 1.165) is 12.8 Å². The minimum Gasteiger partial charge on any atom is -0.465 e. The molecular weight excluding hydrogens is 424 g/mol.